The average molecular weight is 337 g/mol. The van der Waals surface area contributed by atoms with Gasteiger partial charge < -0.3 is 5.32 Å². The molecule has 2 aromatic carbocycles. The van der Waals surface area contributed by atoms with Crippen LogP contribution >= 0.6 is 0 Å². The van der Waals surface area contributed by atoms with Crippen LogP contribution < -0.4 is 10.7 Å². The number of rotatable bonds is 7. The molecular formula is C20H23N3O2. The molecule has 0 radical (unpaired) electrons. The normalized spacial score (nSPS) is 10.8. The van der Waals surface area contributed by atoms with Crippen LogP contribution in [0.2, 0.25) is 0 Å². The summed E-state index contributed by atoms with van der Waals surface area (Å²) in [5.74, 6) is 0.0438. The highest BCUT2D eigenvalue weighted by atomic mass is 16.2. The lowest BCUT2D eigenvalue weighted by molar-refractivity contribution is -0.120. The van der Waals surface area contributed by atoms with Crippen molar-refractivity contribution in [2.45, 2.75) is 26.2 Å². The fourth-order valence-electron chi connectivity index (χ4n) is 2.18. The van der Waals surface area contributed by atoms with E-state index in [1.807, 2.05) is 30.3 Å². The maximum Gasteiger partial charge on any atom is 0.251 e. The van der Waals surface area contributed by atoms with E-state index >= 15 is 0 Å². The topological polar surface area (TPSA) is 70.6 Å². The molecule has 2 rings (SSSR count). The van der Waals surface area contributed by atoms with Gasteiger partial charge in [-0.05, 0) is 29.2 Å². The van der Waals surface area contributed by atoms with Crippen molar-refractivity contribution in [2.24, 2.45) is 5.10 Å². The van der Waals surface area contributed by atoms with Gasteiger partial charge in [-0.2, -0.15) is 5.10 Å². The van der Waals surface area contributed by atoms with Crippen molar-refractivity contribution >= 4 is 18.0 Å². The summed E-state index contributed by atoms with van der Waals surface area (Å²) in [6.07, 6.45) is 1.77. The van der Waals surface area contributed by atoms with E-state index in [0.717, 1.165) is 5.56 Å². The number of nitrogens with zero attached hydrogens (tertiary/aromatic N) is 1. The molecule has 0 unspecified atom stereocenters. The van der Waals surface area contributed by atoms with E-state index in [1.165, 1.54) is 5.56 Å². The van der Waals surface area contributed by atoms with E-state index < -0.39 is 0 Å². The molecule has 0 aliphatic heterocycles. The van der Waals surface area contributed by atoms with Gasteiger partial charge in [0, 0.05) is 18.5 Å². The van der Waals surface area contributed by atoms with Gasteiger partial charge in [0.25, 0.3) is 5.91 Å². The van der Waals surface area contributed by atoms with Gasteiger partial charge in [-0.1, -0.05) is 56.3 Å². The molecule has 0 fully saturated rings. The van der Waals surface area contributed by atoms with Gasteiger partial charge in [-0.15, -0.1) is 0 Å². The van der Waals surface area contributed by atoms with Crippen LogP contribution in [0.3, 0.4) is 0 Å². The summed E-state index contributed by atoms with van der Waals surface area (Å²) < 4.78 is 0. The summed E-state index contributed by atoms with van der Waals surface area (Å²) in [5, 5.41) is 6.64. The molecule has 130 valence electrons. The quantitative estimate of drug-likeness (QED) is 0.602. The van der Waals surface area contributed by atoms with Crippen LogP contribution in [-0.2, 0) is 4.79 Å². The molecule has 0 aliphatic rings. The van der Waals surface area contributed by atoms with Crippen LogP contribution in [0.5, 0.6) is 0 Å². The van der Waals surface area contributed by atoms with Crippen molar-refractivity contribution in [3.63, 3.8) is 0 Å². The van der Waals surface area contributed by atoms with Crippen LogP contribution in [0.4, 0.5) is 0 Å². The Hall–Kier alpha value is -2.95. The van der Waals surface area contributed by atoms with Crippen LogP contribution in [-0.4, -0.2) is 24.6 Å². The van der Waals surface area contributed by atoms with Crippen LogP contribution in [0.25, 0.3) is 0 Å². The van der Waals surface area contributed by atoms with Crippen molar-refractivity contribution in [1.29, 1.82) is 0 Å². The second kappa shape index (κ2) is 9.37. The van der Waals surface area contributed by atoms with Crippen molar-refractivity contribution in [3.8, 4) is 0 Å². The fraction of sp³-hybridized carbons (Fsp3) is 0.250. The molecule has 0 heterocycles. The molecule has 25 heavy (non-hydrogen) atoms. The van der Waals surface area contributed by atoms with Crippen LogP contribution in [0, 0.1) is 0 Å². The van der Waals surface area contributed by atoms with E-state index in [0.29, 0.717) is 11.5 Å². The van der Waals surface area contributed by atoms with Gasteiger partial charge in [-0.3, -0.25) is 9.59 Å². The van der Waals surface area contributed by atoms with E-state index in [-0.39, 0.29) is 24.8 Å². The number of carbonyl (C=O) groups excluding carboxylic acids is 2. The van der Waals surface area contributed by atoms with Crippen molar-refractivity contribution < 1.29 is 9.59 Å². The summed E-state index contributed by atoms with van der Waals surface area (Å²) in [5.41, 5.74) is 5.21. The van der Waals surface area contributed by atoms with Gasteiger partial charge in [-0.25, -0.2) is 5.43 Å². The predicted octanol–water partition coefficient (Wildman–Crippen LogP) is 3.08. The number of amides is 2. The maximum atomic E-state index is 11.8. The lowest BCUT2D eigenvalue weighted by Gasteiger charge is -2.05. The highest BCUT2D eigenvalue weighted by Gasteiger charge is 2.05. The van der Waals surface area contributed by atoms with Gasteiger partial charge in [0.2, 0.25) is 5.91 Å². The first kappa shape index (κ1) is 18.4. The molecule has 2 amide bonds. The molecule has 0 spiro atoms. The van der Waals surface area contributed by atoms with E-state index in [1.54, 1.807) is 30.5 Å². The average Bonchev–Trinajstić information content (AvgIpc) is 2.63. The molecule has 5 nitrogen and oxygen atoms in total. The molecule has 0 atom stereocenters. The third kappa shape index (κ3) is 6.22. The maximum absolute atomic E-state index is 11.8. The molecule has 2 aromatic rings. The summed E-state index contributed by atoms with van der Waals surface area (Å²) in [6.45, 7) is 4.54. The Balaban J connectivity index is 1.70. The Morgan fingerprint density at radius 1 is 1.04 bits per heavy atom. The molecule has 0 saturated heterocycles. The minimum absolute atomic E-state index is 0.169. The molecule has 2 N–H and O–H groups in total. The lowest BCUT2D eigenvalue weighted by Crippen LogP contribution is -2.28. The summed E-state index contributed by atoms with van der Waals surface area (Å²) in [7, 11) is 0. The number of hydrogen-bond donors (Lipinski definition) is 2. The highest BCUT2D eigenvalue weighted by Crippen LogP contribution is 2.13. The van der Waals surface area contributed by atoms with E-state index in [4.69, 9.17) is 0 Å². The molecule has 5 heteroatoms. The summed E-state index contributed by atoms with van der Waals surface area (Å²) in [6, 6.07) is 16.9. The largest absolute Gasteiger partial charge is 0.352 e. The predicted molar refractivity (Wildman–Crippen MR) is 99.7 cm³/mol. The number of hydrogen-bond acceptors (Lipinski definition) is 3. The van der Waals surface area contributed by atoms with Crippen molar-refractivity contribution in [3.05, 3.63) is 71.3 Å². The summed E-state index contributed by atoms with van der Waals surface area (Å²) in [4.78, 5) is 23.5. The summed E-state index contributed by atoms with van der Waals surface area (Å²) >= 11 is 0. The number of carbonyl (C=O) groups is 2. The Labute approximate surface area is 148 Å². The zero-order valence-corrected chi connectivity index (χ0v) is 14.5. The smallest absolute Gasteiger partial charge is 0.251 e. The molecular weight excluding hydrogens is 314 g/mol. The molecule has 0 saturated carbocycles. The first-order valence-electron chi connectivity index (χ1n) is 8.31. The standard InChI is InChI=1S/C20H23N3O2/c1-15(2)17-10-8-16(9-11-17)14-22-23-19(24)12-13-21-20(25)18-6-4-3-5-7-18/h3-11,14-15H,12-13H2,1-2H3,(H,21,25)(H,23,24). The first-order chi connectivity index (χ1) is 12.1. The molecule has 0 aromatic heterocycles. The first-order valence-corrected chi connectivity index (χ1v) is 8.31. The Kier molecular flexibility index (Phi) is 6.89. The van der Waals surface area contributed by atoms with E-state index in [9.17, 15) is 9.59 Å². The van der Waals surface area contributed by atoms with Crippen molar-refractivity contribution in [1.82, 2.24) is 10.7 Å². The second-order valence-electron chi connectivity index (χ2n) is 5.99. The lowest BCUT2D eigenvalue weighted by atomic mass is 10.0. The minimum Gasteiger partial charge on any atom is -0.352 e. The second-order valence-corrected chi connectivity index (χ2v) is 5.99. The Bertz CT molecular complexity index is 722. The van der Waals surface area contributed by atoms with Gasteiger partial charge in [0.05, 0.1) is 6.21 Å². The highest BCUT2D eigenvalue weighted by molar-refractivity contribution is 5.94. The third-order valence-corrected chi connectivity index (χ3v) is 3.68. The van der Waals surface area contributed by atoms with Crippen LogP contribution in [0.1, 0.15) is 47.7 Å². The van der Waals surface area contributed by atoms with Gasteiger partial charge in [0.1, 0.15) is 0 Å². The zero-order valence-electron chi connectivity index (χ0n) is 14.5. The van der Waals surface area contributed by atoms with Gasteiger partial charge >= 0.3 is 0 Å². The number of hydrazone groups is 1. The zero-order chi connectivity index (χ0) is 18.1. The third-order valence-electron chi connectivity index (χ3n) is 3.68. The SMILES string of the molecule is CC(C)c1ccc(C=NNC(=O)CCNC(=O)c2ccccc2)cc1. The van der Waals surface area contributed by atoms with Gasteiger partial charge in [0.15, 0.2) is 0 Å². The number of nitrogens with one attached hydrogen (secondary N) is 2. The van der Waals surface area contributed by atoms with E-state index in [2.05, 4.69) is 29.7 Å². The Morgan fingerprint density at radius 3 is 2.36 bits per heavy atom. The molecule has 0 aliphatic carbocycles. The monoisotopic (exact) mass is 337 g/mol. The number of benzene rings is 2. The van der Waals surface area contributed by atoms with Crippen LogP contribution in [0.15, 0.2) is 59.7 Å². The van der Waals surface area contributed by atoms with Crippen molar-refractivity contribution in [2.75, 3.05) is 6.54 Å². The molecule has 0 bridgehead atoms. The minimum atomic E-state index is -0.247. The Morgan fingerprint density at radius 2 is 1.72 bits per heavy atom. The fourth-order valence-corrected chi connectivity index (χ4v) is 2.18.